The molecule has 1 amide bonds. The summed E-state index contributed by atoms with van der Waals surface area (Å²) in [6.45, 7) is 0.648. The van der Waals surface area contributed by atoms with Crippen molar-refractivity contribution in [2.45, 2.75) is 44.3 Å². The van der Waals surface area contributed by atoms with Crippen LogP contribution in [0.5, 0.6) is 0 Å². The number of ether oxygens (including phenoxy) is 1. The van der Waals surface area contributed by atoms with Crippen LogP contribution in [0.3, 0.4) is 0 Å². The molecule has 118 valence electrons. The topological polar surface area (TPSA) is 64.3 Å². The third kappa shape index (κ3) is 5.28. The molecule has 1 aliphatic carbocycles. The van der Waals surface area contributed by atoms with Crippen molar-refractivity contribution < 1.29 is 22.7 Å². The number of nitrogens with two attached hydrogens (primary N) is 1. The third-order valence-corrected chi connectivity index (χ3v) is 3.72. The summed E-state index contributed by atoms with van der Waals surface area (Å²) in [5.74, 6) is -2.97. The van der Waals surface area contributed by atoms with E-state index in [9.17, 15) is 18.0 Å². The van der Waals surface area contributed by atoms with E-state index in [2.05, 4.69) is 5.32 Å². The summed E-state index contributed by atoms with van der Waals surface area (Å²) in [5.41, 5.74) is 5.69. The minimum atomic E-state index is -4.30. The zero-order chi connectivity index (χ0) is 15.2. The van der Waals surface area contributed by atoms with Crippen molar-refractivity contribution in [3.8, 4) is 0 Å². The van der Waals surface area contributed by atoms with Gasteiger partial charge in [-0.05, 0) is 19.3 Å². The molecule has 0 bridgehead atoms. The largest absolute Gasteiger partial charge is 0.392 e. The van der Waals surface area contributed by atoms with Gasteiger partial charge in [0.05, 0.1) is 12.5 Å². The van der Waals surface area contributed by atoms with E-state index in [1.54, 1.807) is 0 Å². The van der Waals surface area contributed by atoms with E-state index in [1.165, 1.54) is 7.11 Å². The quantitative estimate of drug-likeness (QED) is 0.786. The summed E-state index contributed by atoms with van der Waals surface area (Å²) in [7, 11) is 1.52. The second-order valence-corrected chi connectivity index (χ2v) is 5.33. The summed E-state index contributed by atoms with van der Waals surface area (Å²) in [5, 5.41) is 2.57. The molecule has 3 atom stereocenters. The molecule has 0 radical (unpaired) electrons. The fraction of sp³-hybridized carbons (Fsp3) is 0.923. The number of hydrogen-bond acceptors (Lipinski definition) is 3. The average molecular weight is 296 g/mol. The van der Waals surface area contributed by atoms with Crippen LogP contribution >= 0.6 is 0 Å². The highest BCUT2D eigenvalue weighted by atomic mass is 19.4. The predicted octanol–water partition coefficient (Wildman–Crippen LogP) is 1.84. The Morgan fingerprint density at radius 3 is 2.65 bits per heavy atom. The SMILES string of the molecule is COCC(N)CCNC(=O)C1CCCCC1C(F)(F)F. The number of carbonyl (C=O) groups is 1. The molecule has 0 aromatic carbocycles. The van der Waals surface area contributed by atoms with Crippen LogP contribution in [0.25, 0.3) is 0 Å². The molecule has 0 heterocycles. The Balaban J connectivity index is 2.44. The zero-order valence-electron chi connectivity index (χ0n) is 11.7. The number of nitrogens with one attached hydrogen (secondary N) is 1. The van der Waals surface area contributed by atoms with E-state index in [0.717, 1.165) is 0 Å². The van der Waals surface area contributed by atoms with Crippen molar-refractivity contribution >= 4 is 5.91 Å². The van der Waals surface area contributed by atoms with Crippen LogP contribution in [0.1, 0.15) is 32.1 Å². The lowest BCUT2D eigenvalue weighted by Gasteiger charge is -2.32. The Bertz CT molecular complexity index is 310. The average Bonchev–Trinajstić information content (AvgIpc) is 2.38. The van der Waals surface area contributed by atoms with Gasteiger partial charge in [0, 0.05) is 25.6 Å². The van der Waals surface area contributed by atoms with Crippen molar-refractivity contribution in [3.05, 3.63) is 0 Å². The lowest BCUT2D eigenvalue weighted by Crippen LogP contribution is -2.43. The van der Waals surface area contributed by atoms with Crippen LogP contribution in [0.4, 0.5) is 13.2 Å². The van der Waals surface area contributed by atoms with Crippen LogP contribution in [-0.2, 0) is 9.53 Å². The summed E-state index contributed by atoms with van der Waals surface area (Å²) in [4.78, 5) is 11.9. The Kier molecular flexibility index (Phi) is 6.75. The van der Waals surface area contributed by atoms with Gasteiger partial charge in [-0.3, -0.25) is 4.79 Å². The first-order valence-corrected chi connectivity index (χ1v) is 6.95. The fourth-order valence-corrected chi connectivity index (χ4v) is 2.65. The molecule has 20 heavy (non-hydrogen) atoms. The van der Waals surface area contributed by atoms with E-state index >= 15 is 0 Å². The maximum atomic E-state index is 12.9. The Morgan fingerprint density at radius 1 is 1.40 bits per heavy atom. The van der Waals surface area contributed by atoms with Crippen molar-refractivity contribution in [3.63, 3.8) is 0 Å². The first-order chi connectivity index (χ1) is 9.36. The third-order valence-electron chi connectivity index (χ3n) is 3.72. The second-order valence-electron chi connectivity index (χ2n) is 5.33. The number of hydrogen-bond donors (Lipinski definition) is 2. The summed E-state index contributed by atoms with van der Waals surface area (Å²) >= 11 is 0. The highest BCUT2D eigenvalue weighted by Crippen LogP contribution is 2.41. The van der Waals surface area contributed by atoms with Crippen LogP contribution < -0.4 is 11.1 Å². The molecule has 1 rings (SSSR count). The van der Waals surface area contributed by atoms with Gasteiger partial charge in [0.15, 0.2) is 0 Å². The first kappa shape index (κ1) is 17.2. The molecule has 0 spiro atoms. The van der Waals surface area contributed by atoms with Crippen LogP contribution in [-0.4, -0.2) is 38.4 Å². The Morgan fingerprint density at radius 2 is 2.05 bits per heavy atom. The molecular weight excluding hydrogens is 273 g/mol. The molecule has 0 aromatic rings. The molecule has 0 aliphatic heterocycles. The van der Waals surface area contributed by atoms with E-state index in [4.69, 9.17) is 10.5 Å². The van der Waals surface area contributed by atoms with Gasteiger partial charge >= 0.3 is 6.18 Å². The smallest absolute Gasteiger partial charge is 0.383 e. The van der Waals surface area contributed by atoms with Gasteiger partial charge in [-0.25, -0.2) is 0 Å². The number of methoxy groups -OCH3 is 1. The molecule has 4 nitrogen and oxygen atoms in total. The van der Waals surface area contributed by atoms with Crippen LogP contribution in [0.2, 0.25) is 0 Å². The fourth-order valence-electron chi connectivity index (χ4n) is 2.65. The monoisotopic (exact) mass is 296 g/mol. The highest BCUT2D eigenvalue weighted by molar-refractivity contribution is 5.79. The predicted molar refractivity (Wildman–Crippen MR) is 69.0 cm³/mol. The van der Waals surface area contributed by atoms with Gasteiger partial charge in [0.25, 0.3) is 0 Å². The lowest BCUT2D eigenvalue weighted by atomic mass is 9.78. The Hall–Kier alpha value is -0.820. The van der Waals surface area contributed by atoms with Crippen LogP contribution in [0, 0.1) is 11.8 Å². The van der Waals surface area contributed by atoms with Crippen molar-refractivity contribution in [1.82, 2.24) is 5.32 Å². The van der Waals surface area contributed by atoms with Gasteiger partial charge in [-0.1, -0.05) is 12.8 Å². The normalized spacial score (nSPS) is 25.2. The Labute approximate surface area is 117 Å². The molecule has 3 unspecified atom stereocenters. The van der Waals surface area contributed by atoms with E-state index in [0.29, 0.717) is 32.3 Å². The molecule has 1 saturated carbocycles. The molecule has 1 fully saturated rings. The van der Waals surface area contributed by atoms with E-state index < -0.39 is 23.9 Å². The maximum Gasteiger partial charge on any atom is 0.392 e. The van der Waals surface area contributed by atoms with Crippen molar-refractivity contribution in [2.75, 3.05) is 20.3 Å². The minimum absolute atomic E-state index is 0.0464. The lowest BCUT2D eigenvalue weighted by molar-refractivity contribution is -0.198. The second kappa shape index (κ2) is 7.83. The molecule has 1 aliphatic rings. The van der Waals surface area contributed by atoms with Crippen molar-refractivity contribution in [2.24, 2.45) is 17.6 Å². The zero-order valence-corrected chi connectivity index (χ0v) is 11.7. The van der Waals surface area contributed by atoms with E-state index in [1.807, 2.05) is 0 Å². The standard InChI is InChI=1S/C13H23F3N2O2/c1-20-8-9(17)6-7-18-12(19)10-4-2-3-5-11(10)13(14,15)16/h9-11H,2-8,17H2,1H3,(H,18,19). The number of rotatable bonds is 6. The van der Waals surface area contributed by atoms with Gasteiger partial charge in [-0.15, -0.1) is 0 Å². The molecule has 0 saturated heterocycles. The summed E-state index contributed by atoms with van der Waals surface area (Å²) < 4.78 is 43.5. The number of carbonyl (C=O) groups excluding carboxylic acids is 1. The number of halogens is 3. The summed E-state index contributed by atoms with van der Waals surface area (Å²) in [6.07, 6.45) is -2.25. The first-order valence-electron chi connectivity index (χ1n) is 6.95. The molecule has 3 N–H and O–H groups in total. The molecule has 0 aromatic heterocycles. The van der Waals surface area contributed by atoms with E-state index in [-0.39, 0.29) is 19.0 Å². The number of amides is 1. The maximum absolute atomic E-state index is 12.9. The van der Waals surface area contributed by atoms with Gasteiger partial charge in [0.1, 0.15) is 0 Å². The minimum Gasteiger partial charge on any atom is -0.383 e. The van der Waals surface area contributed by atoms with Gasteiger partial charge in [0.2, 0.25) is 5.91 Å². The summed E-state index contributed by atoms with van der Waals surface area (Å²) in [6, 6.07) is -0.218. The highest BCUT2D eigenvalue weighted by Gasteiger charge is 2.47. The van der Waals surface area contributed by atoms with Gasteiger partial charge < -0.3 is 15.8 Å². The molecular formula is C13H23F3N2O2. The van der Waals surface area contributed by atoms with Crippen LogP contribution in [0.15, 0.2) is 0 Å². The van der Waals surface area contributed by atoms with Gasteiger partial charge in [-0.2, -0.15) is 13.2 Å². The molecule has 7 heteroatoms. The number of alkyl halides is 3. The van der Waals surface area contributed by atoms with Crippen molar-refractivity contribution in [1.29, 1.82) is 0 Å².